The third kappa shape index (κ3) is 2.86. The average Bonchev–Trinajstić information content (AvgIpc) is 2.32. The third-order valence-corrected chi connectivity index (χ3v) is 2.79. The summed E-state index contributed by atoms with van der Waals surface area (Å²) in [5.41, 5.74) is 2.37. The second-order valence-electron chi connectivity index (χ2n) is 4.28. The highest BCUT2D eigenvalue weighted by atomic mass is 19.1. The van der Waals surface area contributed by atoms with Crippen LogP contribution < -0.4 is 5.32 Å². The van der Waals surface area contributed by atoms with Crippen LogP contribution >= 0.6 is 0 Å². The van der Waals surface area contributed by atoms with Crippen LogP contribution in [0.1, 0.15) is 18.3 Å². The van der Waals surface area contributed by atoms with E-state index in [1.54, 1.807) is 0 Å². The van der Waals surface area contributed by atoms with Crippen LogP contribution in [0, 0.1) is 25.5 Å². The van der Waals surface area contributed by atoms with E-state index in [-0.39, 0.29) is 0 Å². The molecule has 5 heteroatoms. The van der Waals surface area contributed by atoms with Crippen LogP contribution in [-0.4, -0.2) is 16.5 Å². The highest BCUT2D eigenvalue weighted by Crippen LogP contribution is 2.26. The zero-order chi connectivity index (χ0) is 14.0. The molecule has 0 saturated heterocycles. The number of nitrogens with zero attached hydrogens (tertiary/aromatic N) is 2. The van der Waals surface area contributed by atoms with E-state index in [2.05, 4.69) is 15.3 Å². The SMILES string of the molecule is CCNc1nc(C)c(C)nc1-c1cc(F)cc(F)c1. The summed E-state index contributed by atoms with van der Waals surface area (Å²) in [7, 11) is 0. The predicted molar refractivity (Wildman–Crippen MR) is 71.0 cm³/mol. The number of nitrogens with one attached hydrogen (secondary N) is 1. The van der Waals surface area contributed by atoms with Gasteiger partial charge in [0.2, 0.25) is 0 Å². The highest BCUT2D eigenvalue weighted by Gasteiger charge is 2.12. The maximum absolute atomic E-state index is 13.3. The fraction of sp³-hybridized carbons (Fsp3) is 0.286. The second kappa shape index (κ2) is 5.30. The fourth-order valence-corrected chi connectivity index (χ4v) is 1.79. The Morgan fingerprint density at radius 2 is 1.58 bits per heavy atom. The fourth-order valence-electron chi connectivity index (χ4n) is 1.79. The van der Waals surface area contributed by atoms with Crippen LogP contribution in [0.15, 0.2) is 18.2 Å². The molecule has 19 heavy (non-hydrogen) atoms. The van der Waals surface area contributed by atoms with Gasteiger partial charge in [-0.2, -0.15) is 0 Å². The quantitative estimate of drug-likeness (QED) is 0.921. The van der Waals surface area contributed by atoms with Gasteiger partial charge in [0.15, 0.2) is 5.82 Å². The first kappa shape index (κ1) is 13.4. The molecule has 0 spiro atoms. The standard InChI is InChI=1S/C14H15F2N3/c1-4-17-14-13(18-8(2)9(3)19-14)10-5-11(15)7-12(16)6-10/h5-7H,4H2,1-3H3,(H,17,19). The van der Waals surface area contributed by atoms with Gasteiger partial charge in [-0.1, -0.05) is 0 Å². The number of hydrogen-bond acceptors (Lipinski definition) is 3. The molecule has 0 fully saturated rings. The molecule has 100 valence electrons. The largest absolute Gasteiger partial charge is 0.369 e. The summed E-state index contributed by atoms with van der Waals surface area (Å²) in [4.78, 5) is 8.77. The van der Waals surface area contributed by atoms with E-state index < -0.39 is 11.6 Å². The number of aryl methyl sites for hydroxylation is 2. The van der Waals surface area contributed by atoms with Gasteiger partial charge in [0.05, 0.1) is 11.4 Å². The van der Waals surface area contributed by atoms with Crippen molar-refractivity contribution >= 4 is 5.82 Å². The van der Waals surface area contributed by atoms with Gasteiger partial charge in [0.1, 0.15) is 17.3 Å². The molecule has 0 aliphatic heterocycles. The van der Waals surface area contributed by atoms with Crippen molar-refractivity contribution in [2.45, 2.75) is 20.8 Å². The van der Waals surface area contributed by atoms with Crippen LogP contribution in [0.2, 0.25) is 0 Å². The zero-order valence-electron chi connectivity index (χ0n) is 11.1. The second-order valence-corrected chi connectivity index (χ2v) is 4.28. The van der Waals surface area contributed by atoms with Gasteiger partial charge in [0, 0.05) is 18.2 Å². The number of hydrogen-bond donors (Lipinski definition) is 1. The maximum Gasteiger partial charge on any atom is 0.152 e. The molecule has 0 amide bonds. The Balaban J connectivity index is 2.62. The summed E-state index contributed by atoms with van der Waals surface area (Å²) >= 11 is 0. The Morgan fingerprint density at radius 3 is 2.16 bits per heavy atom. The minimum absolute atomic E-state index is 0.379. The summed E-state index contributed by atoms with van der Waals surface area (Å²) in [6.07, 6.45) is 0. The average molecular weight is 263 g/mol. The summed E-state index contributed by atoms with van der Waals surface area (Å²) in [5, 5.41) is 3.06. The predicted octanol–water partition coefficient (Wildman–Crippen LogP) is 3.47. The van der Waals surface area contributed by atoms with Gasteiger partial charge in [-0.25, -0.2) is 18.7 Å². The van der Waals surface area contributed by atoms with Crippen molar-refractivity contribution in [2.75, 3.05) is 11.9 Å². The molecule has 0 aliphatic rings. The molecule has 0 unspecified atom stereocenters. The van der Waals surface area contributed by atoms with Crippen LogP contribution in [0.4, 0.5) is 14.6 Å². The lowest BCUT2D eigenvalue weighted by Gasteiger charge is -2.12. The van der Waals surface area contributed by atoms with Crippen LogP contribution in [0.25, 0.3) is 11.3 Å². The monoisotopic (exact) mass is 263 g/mol. The normalized spacial score (nSPS) is 10.6. The molecule has 2 aromatic rings. The number of anilines is 1. The minimum atomic E-state index is -0.627. The van der Waals surface area contributed by atoms with Crippen molar-refractivity contribution < 1.29 is 8.78 Å². The summed E-state index contributed by atoms with van der Waals surface area (Å²) in [6, 6.07) is 3.34. The maximum atomic E-state index is 13.3. The molecule has 0 saturated carbocycles. The zero-order valence-corrected chi connectivity index (χ0v) is 11.1. The lowest BCUT2D eigenvalue weighted by Crippen LogP contribution is -2.06. The summed E-state index contributed by atoms with van der Waals surface area (Å²) < 4.78 is 26.6. The molecule has 1 heterocycles. The van der Waals surface area contributed by atoms with Gasteiger partial charge >= 0.3 is 0 Å². The topological polar surface area (TPSA) is 37.8 Å². The molecule has 0 aliphatic carbocycles. The van der Waals surface area contributed by atoms with E-state index in [0.29, 0.717) is 23.6 Å². The van der Waals surface area contributed by atoms with Crippen molar-refractivity contribution in [1.82, 2.24) is 9.97 Å². The first-order valence-corrected chi connectivity index (χ1v) is 6.07. The lowest BCUT2D eigenvalue weighted by molar-refractivity contribution is 0.584. The Bertz CT molecular complexity index is 592. The smallest absolute Gasteiger partial charge is 0.152 e. The molecule has 3 nitrogen and oxygen atoms in total. The van der Waals surface area contributed by atoms with E-state index in [4.69, 9.17) is 0 Å². The first-order valence-electron chi connectivity index (χ1n) is 6.07. The van der Waals surface area contributed by atoms with Crippen LogP contribution in [0.3, 0.4) is 0 Å². The number of benzene rings is 1. The molecule has 1 N–H and O–H groups in total. The van der Waals surface area contributed by atoms with E-state index in [1.807, 2.05) is 20.8 Å². The van der Waals surface area contributed by atoms with E-state index >= 15 is 0 Å². The van der Waals surface area contributed by atoms with Gasteiger partial charge in [-0.15, -0.1) is 0 Å². The Morgan fingerprint density at radius 1 is 1.00 bits per heavy atom. The Kier molecular flexibility index (Phi) is 3.74. The van der Waals surface area contributed by atoms with Crippen LogP contribution in [-0.2, 0) is 0 Å². The minimum Gasteiger partial charge on any atom is -0.369 e. The number of halogens is 2. The molecular weight excluding hydrogens is 248 g/mol. The molecular formula is C14H15F2N3. The number of rotatable bonds is 3. The summed E-state index contributed by atoms with van der Waals surface area (Å²) in [6.45, 7) is 6.24. The van der Waals surface area contributed by atoms with Crippen molar-refractivity contribution in [3.8, 4) is 11.3 Å². The summed E-state index contributed by atoms with van der Waals surface area (Å²) in [5.74, 6) is -0.717. The van der Waals surface area contributed by atoms with Crippen molar-refractivity contribution in [3.63, 3.8) is 0 Å². The van der Waals surface area contributed by atoms with Gasteiger partial charge in [0.25, 0.3) is 0 Å². The molecule has 0 atom stereocenters. The van der Waals surface area contributed by atoms with Gasteiger partial charge in [-0.3, -0.25) is 0 Å². The van der Waals surface area contributed by atoms with E-state index in [1.165, 1.54) is 12.1 Å². The van der Waals surface area contributed by atoms with Gasteiger partial charge < -0.3 is 5.32 Å². The van der Waals surface area contributed by atoms with Crippen molar-refractivity contribution in [1.29, 1.82) is 0 Å². The highest BCUT2D eigenvalue weighted by molar-refractivity contribution is 5.71. The van der Waals surface area contributed by atoms with Crippen LogP contribution in [0.5, 0.6) is 0 Å². The molecule has 1 aromatic carbocycles. The van der Waals surface area contributed by atoms with Crippen molar-refractivity contribution in [2.24, 2.45) is 0 Å². The lowest BCUT2D eigenvalue weighted by atomic mass is 10.1. The molecule has 0 bridgehead atoms. The van der Waals surface area contributed by atoms with Gasteiger partial charge in [-0.05, 0) is 32.9 Å². The molecule has 1 aromatic heterocycles. The third-order valence-electron chi connectivity index (χ3n) is 2.79. The molecule has 2 rings (SSSR count). The number of aromatic nitrogens is 2. The van der Waals surface area contributed by atoms with Crippen molar-refractivity contribution in [3.05, 3.63) is 41.2 Å². The van der Waals surface area contributed by atoms with E-state index in [9.17, 15) is 8.78 Å². The molecule has 0 radical (unpaired) electrons. The first-order chi connectivity index (χ1) is 9.01. The Labute approximate surface area is 110 Å². The Hall–Kier alpha value is -2.04. The van der Waals surface area contributed by atoms with E-state index in [0.717, 1.165) is 17.5 Å².